The third-order valence-corrected chi connectivity index (χ3v) is 2.12. The fourth-order valence-electron chi connectivity index (χ4n) is 1.36. The quantitative estimate of drug-likeness (QED) is 0.647. The number of carbonyl (C=O) groups excluding carboxylic acids is 1. The summed E-state index contributed by atoms with van der Waals surface area (Å²) in [7, 11) is 0. The van der Waals surface area contributed by atoms with E-state index in [-0.39, 0.29) is 17.4 Å². The summed E-state index contributed by atoms with van der Waals surface area (Å²) in [4.78, 5) is 26.6. The maximum Gasteiger partial charge on any atom is 0.265 e. The monoisotopic (exact) mass is 214 g/mol. The highest BCUT2D eigenvalue weighted by Gasteiger charge is 2.15. The molecule has 0 fully saturated rings. The molecule has 0 bridgehead atoms. The van der Waals surface area contributed by atoms with Gasteiger partial charge >= 0.3 is 0 Å². The molecular formula is C10H6N4O2. The van der Waals surface area contributed by atoms with E-state index in [1.165, 1.54) is 18.8 Å². The van der Waals surface area contributed by atoms with Crippen LogP contribution in [0.3, 0.4) is 0 Å². The first-order valence-corrected chi connectivity index (χ1v) is 4.59. The van der Waals surface area contributed by atoms with Crippen LogP contribution in [0.5, 0.6) is 0 Å². The Morgan fingerprint density at radius 3 is 3.12 bits per heavy atom. The number of hydrogen-bond acceptors (Lipinski definition) is 5. The lowest BCUT2D eigenvalue weighted by atomic mass is 10.3. The number of aromatic amines is 1. The molecule has 6 nitrogen and oxygen atoms in total. The molecule has 0 saturated heterocycles. The average molecular weight is 214 g/mol. The number of fused-ring (bicyclic) bond motifs is 1. The third kappa shape index (κ3) is 1.28. The van der Waals surface area contributed by atoms with Crippen LogP contribution in [0.4, 0.5) is 0 Å². The molecule has 3 aromatic rings. The van der Waals surface area contributed by atoms with Crippen LogP contribution in [0.1, 0.15) is 16.4 Å². The van der Waals surface area contributed by atoms with E-state index < -0.39 is 0 Å². The number of nitrogens with one attached hydrogen (secondary N) is 1. The van der Waals surface area contributed by atoms with Gasteiger partial charge in [-0.25, -0.2) is 15.0 Å². The van der Waals surface area contributed by atoms with Crippen LogP contribution >= 0.6 is 0 Å². The van der Waals surface area contributed by atoms with Gasteiger partial charge in [0, 0.05) is 0 Å². The summed E-state index contributed by atoms with van der Waals surface area (Å²) in [5.41, 5.74) is 1.15. The molecule has 3 heterocycles. The van der Waals surface area contributed by atoms with E-state index in [1.807, 2.05) is 0 Å². The number of ketones is 1. The van der Waals surface area contributed by atoms with Crippen LogP contribution in [-0.4, -0.2) is 25.7 Å². The Labute approximate surface area is 89.4 Å². The van der Waals surface area contributed by atoms with Gasteiger partial charge in [-0.2, -0.15) is 0 Å². The number of furan rings is 1. The van der Waals surface area contributed by atoms with Crippen molar-refractivity contribution in [1.29, 1.82) is 0 Å². The number of H-pyrrole nitrogens is 1. The predicted octanol–water partition coefficient (Wildman–Crippen LogP) is 1.18. The van der Waals surface area contributed by atoms with Gasteiger partial charge in [-0.15, -0.1) is 0 Å². The van der Waals surface area contributed by atoms with Crippen LogP contribution in [0.25, 0.3) is 11.2 Å². The number of hydrogen-bond donors (Lipinski definition) is 1. The standard InChI is InChI=1S/C10H6N4O2/c15-8(7-2-1-3-16-7)10-11-4-6-9(14-10)13-5-12-6/h1-5H,(H,11,12,13,14). The minimum absolute atomic E-state index is 0.0783. The molecule has 78 valence electrons. The average Bonchev–Trinajstić information content (AvgIpc) is 2.98. The first-order valence-electron chi connectivity index (χ1n) is 4.59. The minimum atomic E-state index is -0.352. The van der Waals surface area contributed by atoms with E-state index in [1.54, 1.807) is 12.1 Å². The maximum absolute atomic E-state index is 11.8. The lowest BCUT2D eigenvalue weighted by Crippen LogP contribution is -2.05. The second-order valence-corrected chi connectivity index (χ2v) is 3.14. The van der Waals surface area contributed by atoms with Crippen molar-refractivity contribution in [3.05, 3.63) is 42.5 Å². The molecule has 3 aromatic heterocycles. The predicted molar refractivity (Wildman–Crippen MR) is 53.8 cm³/mol. The second-order valence-electron chi connectivity index (χ2n) is 3.14. The van der Waals surface area contributed by atoms with Crippen LogP contribution < -0.4 is 0 Å². The largest absolute Gasteiger partial charge is 0.461 e. The molecular weight excluding hydrogens is 208 g/mol. The smallest absolute Gasteiger partial charge is 0.265 e. The molecule has 0 aromatic carbocycles. The Kier molecular flexibility index (Phi) is 1.79. The fraction of sp³-hybridized carbons (Fsp3) is 0. The molecule has 0 aliphatic rings. The van der Waals surface area contributed by atoms with Crippen molar-refractivity contribution >= 4 is 16.9 Å². The van der Waals surface area contributed by atoms with Crippen molar-refractivity contribution in [3.8, 4) is 0 Å². The van der Waals surface area contributed by atoms with Gasteiger partial charge in [0.1, 0.15) is 5.52 Å². The van der Waals surface area contributed by atoms with Gasteiger partial charge in [-0.1, -0.05) is 0 Å². The van der Waals surface area contributed by atoms with Crippen LogP contribution in [0.2, 0.25) is 0 Å². The first kappa shape index (κ1) is 8.78. The van der Waals surface area contributed by atoms with Crippen molar-refractivity contribution < 1.29 is 9.21 Å². The van der Waals surface area contributed by atoms with Crippen molar-refractivity contribution in [2.75, 3.05) is 0 Å². The topological polar surface area (TPSA) is 84.7 Å². The molecule has 0 aliphatic carbocycles. The number of carbonyl (C=O) groups is 1. The Hall–Kier alpha value is -2.50. The van der Waals surface area contributed by atoms with E-state index in [0.29, 0.717) is 11.2 Å². The van der Waals surface area contributed by atoms with Gasteiger partial charge in [0.05, 0.1) is 18.8 Å². The molecule has 3 rings (SSSR count). The van der Waals surface area contributed by atoms with Crippen molar-refractivity contribution in [3.63, 3.8) is 0 Å². The Bertz CT molecular complexity index is 642. The molecule has 16 heavy (non-hydrogen) atoms. The number of imidazole rings is 1. The zero-order valence-electron chi connectivity index (χ0n) is 8.04. The summed E-state index contributed by atoms with van der Waals surface area (Å²) in [6.07, 6.45) is 4.45. The summed E-state index contributed by atoms with van der Waals surface area (Å²) in [6.45, 7) is 0. The third-order valence-electron chi connectivity index (χ3n) is 2.12. The zero-order valence-corrected chi connectivity index (χ0v) is 8.04. The molecule has 0 aliphatic heterocycles. The maximum atomic E-state index is 11.8. The number of aromatic nitrogens is 4. The van der Waals surface area contributed by atoms with Crippen molar-refractivity contribution in [1.82, 2.24) is 19.9 Å². The lowest BCUT2D eigenvalue weighted by molar-refractivity contribution is 0.0999. The highest BCUT2D eigenvalue weighted by molar-refractivity contribution is 6.04. The van der Waals surface area contributed by atoms with E-state index in [2.05, 4.69) is 19.9 Å². The SMILES string of the molecule is O=C(c1ncc2[nH]cnc2n1)c1ccco1. The van der Waals surface area contributed by atoms with Crippen LogP contribution in [0, 0.1) is 0 Å². The summed E-state index contributed by atoms with van der Waals surface area (Å²) >= 11 is 0. The van der Waals surface area contributed by atoms with Gasteiger partial charge in [0.15, 0.2) is 11.4 Å². The van der Waals surface area contributed by atoms with Gasteiger partial charge in [-0.3, -0.25) is 4.79 Å². The van der Waals surface area contributed by atoms with E-state index in [0.717, 1.165) is 0 Å². The molecule has 0 saturated carbocycles. The van der Waals surface area contributed by atoms with E-state index in [4.69, 9.17) is 4.42 Å². The molecule has 0 spiro atoms. The Morgan fingerprint density at radius 2 is 2.31 bits per heavy atom. The Morgan fingerprint density at radius 1 is 1.38 bits per heavy atom. The molecule has 0 atom stereocenters. The molecule has 0 radical (unpaired) electrons. The summed E-state index contributed by atoms with van der Waals surface area (Å²) in [5.74, 6) is -0.0562. The van der Waals surface area contributed by atoms with Crippen LogP contribution in [-0.2, 0) is 0 Å². The summed E-state index contributed by atoms with van der Waals surface area (Å²) in [6, 6.07) is 3.21. The van der Waals surface area contributed by atoms with Gasteiger partial charge in [0.2, 0.25) is 5.82 Å². The first-order chi connectivity index (χ1) is 7.84. The van der Waals surface area contributed by atoms with E-state index in [9.17, 15) is 4.79 Å². The molecule has 0 unspecified atom stereocenters. The van der Waals surface area contributed by atoms with E-state index >= 15 is 0 Å². The van der Waals surface area contributed by atoms with Crippen molar-refractivity contribution in [2.24, 2.45) is 0 Å². The number of rotatable bonds is 2. The van der Waals surface area contributed by atoms with Gasteiger partial charge < -0.3 is 9.40 Å². The van der Waals surface area contributed by atoms with Gasteiger partial charge in [-0.05, 0) is 12.1 Å². The summed E-state index contributed by atoms with van der Waals surface area (Å²) in [5, 5.41) is 0. The normalized spacial score (nSPS) is 10.8. The highest BCUT2D eigenvalue weighted by atomic mass is 16.3. The zero-order chi connectivity index (χ0) is 11.0. The highest BCUT2D eigenvalue weighted by Crippen LogP contribution is 2.09. The fourth-order valence-corrected chi connectivity index (χ4v) is 1.36. The molecule has 0 amide bonds. The van der Waals surface area contributed by atoms with Crippen LogP contribution in [0.15, 0.2) is 35.3 Å². The molecule has 1 N–H and O–H groups in total. The number of nitrogens with zero attached hydrogens (tertiary/aromatic N) is 3. The molecule has 6 heteroatoms. The summed E-state index contributed by atoms with van der Waals surface area (Å²) < 4.78 is 4.99. The van der Waals surface area contributed by atoms with Crippen molar-refractivity contribution in [2.45, 2.75) is 0 Å². The minimum Gasteiger partial charge on any atom is -0.461 e. The van der Waals surface area contributed by atoms with Gasteiger partial charge in [0.25, 0.3) is 5.78 Å². The Balaban J connectivity index is 2.09. The lowest BCUT2D eigenvalue weighted by Gasteiger charge is -1.95. The second kappa shape index (κ2) is 3.27.